The van der Waals surface area contributed by atoms with E-state index >= 15 is 0 Å². The molecule has 0 aromatic carbocycles. The van der Waals surface area contributed by atoms with Crippen LogP contribution in [-0.4, -0.2) is 45.4 Å². The molecule has 1 atom stereocenters. The summed E-state index contributed by atoms with van der Waals surface area (Å²) in [6, 6.07) is 1.73. The molecule has 126 valence electrons. The first-order valence-electron chi connectivity index (χ1n) is 7.56. The molecule has 0 saturated carbocycles. The van der Waals surface area contributed by atoms with Crippen LogP contribution in [0.1, 0.15) is 31.3 Å². The zero-order valence-electron chi connectivity index (χ0n) is 13.0. The number of hydrogen-bond acceptors (Lipinski definition) is 5. The molecule has 0 spiro atoms. The summed E-state index contributed by atoms with van der Waals surface area (Å²) in [6.45, 7) is 5.64. The lowest BCUT2D eigenvalue weighted by atomic mass is 10.1. The van der Waals surface area contributed by atoms with E-state index in [1.165, 1.54) is 4.52 Å². The van der Waals surface area contributed by atoms with Gasteiger partial charge in [0.05, 0.1) is 6.10 Å². The van der Waals surface area contributed by atoms with Crippen molar-refractivity contribution in [3.63, 3.8) is 0 Å². The number of halogens is 3. The van der Waals surface area contributed by atoms with Crippen molar-refractivity contribution in [1.82, 2.24) is 19.6 Å². The molecule has 3 rings (SSSR count). The summed E-state index contributed by atoms with van der Waals surface area (Å²) in [6.07, 6.45) is -2.66. The Balaban J connectivity index is 2.00. The number of rotatable bonds is 3. The first kappa shape index (κ1) is 16.0. The van der Waals surface area contributed by atoms with Crippen LogP contribution in [-0.2, 0) is 10.9 Å². The van der Waals surface area contributed by atoms with Gasteiger partial charge in [0.15, 0.2) is 0 Å². The van der Waals surface area contributed by atoms with Crippen molar-refractivity contribution >= 4 is 11.6 Å². The van der Waals surface area contributed by atoms with Crippen LogP contribution in [0.4, 0.5) is 19.0 Å². The molecule has 1 aliphatic rings. The zero-order chi connectivity index (χ0) is 16.6. The number of anilines is 1. The highest BCUT2D eigenvalue weighted by Crippen LogP contribution is 2.28. The highest BCUT2D eigenvalue weighted by molar-refractivity contribution is 5.48. The number of aryl methyl sites for hydroxylation is 1. The van der Waals surface area contributed by atoms with Gasteiger partial charge in [0, 0.05) is 31.5 Å². The van der Waals surface area contributed by atoms with Crippen molar-refractivity contribution in [2.45, 2.75) is 39.0 Å². The SMILES string of the molecule is CCOC1CCCN(c2cc(C)nc3nc(C(F)(F)F)nn23)C1. The van der Waals surface area contributed by atoms with E-state index in [1.54, 1.807) is 13.0 Å². The Morgan fingerprint density at radius 2 is 2.13 bits per heavy atom. The monoisotopic (exact) mass is 329 g/mol. The smallest absolute Gasteiger partial charge is 0.377 e. The summed E-state index contributed by atoms with van der Waals surface area (Å²) in [5.41, 5.74) is 0.604. The largest absolute Gasteiger partial charge is 0.453 e. The summed E-state index contributed by atoms with van der Waals surface area (Å²) in [5.74, 6) is -0.638. The summed E-state index contributed by atoms with van der Waals surface area (Å²) in [5, 5.41) is 3.61. The molecule has 0 aliphatic carbocycles. The van der Waals surface area contributed by atoms with Gasteiger partial charge in [0.1, 0.15) is 5.82 Å². The predicted molar refractivity (Wildman–Crippen MR) is 77.4 cm³/mol. The molecular weight excluding hydrogens is 311 g/mol. The van der Waals surface area contributed by atoms with Crippen LogP contribution in [0, 0.1) is 6.92 Å². The number of alkyl halides is 3. The number of hydrogen-bond donors (Lipinski definition) is 0. The average Bonchev–Trinajstić information content (AvgIpc) is 2.91. The Morgan fingerprint density at radius 1 is 1.35 bits per heavy atom. The lowest BCUT2D eigenvalue weighted by molar-refractivity contribution is -0.144. The van der Waals surface area contributed by atoms with Crippen molar-refractivity contribution in [2.24, 2.45) is 0 Å². The van der Waals surface area contributed by atoms with Crippen LogP contribution in [0.25, 0.3) is 5.78 Å². The van der Waals surface area contributed by atoms with Crippen LogP contribution >= 0.6 is 0 Å². The molecule has 0 N–H and O–H groups in total. The summed E-state index contributed by atoms with van der Waals surface area (Å²) < 4.78 is 45.4. The molecule has 1 fully saturated rings. The highest BCUT2D eigenvalue weighted by Gasteiger charge is 2.37. The quantitative estimate of drug-likeness (QED) is 0.866. The molecule has 0 radical (unpaired) electrons. The van der Waals surface area contributed by atoms with Crippen molar-refractivity contribution in [3.8, 4) is 0 Å². The van der Waals surface area contributed by atoms with E-state index in [0.29, 0.717) is 24.7 Å². The highest BCUT2D eigenvalue weighted by atomic mass is 19.4. The minimum Gasteiger partial charge on any atom is -0.377 e. The van der Waals surface area contributed by atoms with Gasteiger partial charge in [-0.15, -0.1) is 5.10 Å². The maximum Gasteiger partial charge on any atom is 0.453 e. The molecule has 1 aliphatic heterocycles. The van der Waals surface area contributed by atoms with Gasteiger partial charge < -0.3 is 9.64 Å². The van der Waals surface area contributed by atoms with E-state index in [9.17, 15) is 13.2 Å². The van der Waals surface area contributed by atoms with E-state index < -0.39 is 12.0 Å². The molecule has 3 heterocycles. The molecule has 0 amide bonds. The topological polar surface area (TPSA) is 55.5 Å². The van der Waals surface area contributed by atoms with Gasteiger partial charge in [0.25, 0.3) is 11.6 Å². The fourth-order valence-corrected chi connectivity index (χ4v) is 2.83. The number of nitrogens with zero attached hydrogens (tertiary/aromatic N) is 5. The third kappa shape index (κ3) is 3.24. The van der Waals surface area contributed by atoms with Gasteiger partial charge in [-0.25, -0.2) is 4.98 Å². The average molecular weight is 329 g/mol. The van der Waals surface area contributed by atoms with Crippen LogP contribution in [0.5, 0.6) is 0 Å². The molecule has 0 bridgehead atoms. The van der Waals surface area contributed by atoms with Crippen molar-refractivity contribution in [1.29, 1.82) is 0 Å². The first-order chi connectivity index (χ1) is 10.9. The van der Waals surface area contributed by atoms with Gasteiger partial charge in [-0.3, -0.25) is 0 Å². The van der Waals surface area contributed by atoms with Gasteiger partial charge in [-0.2, -0.15) is 22.7 Å². The Bertz CT molecular complexity index is 698. The number of fused-ring (bicyclic) bond motifs is 1. The second-order valence-electron chi connectivity index (χ2n) is 5.57. The second-order valence-corrected chi connectivity index (χ2v) is 5.57. The van der Waals surface area contributed by atoms with E-state index in [0.717, 1.165) is 19.4 Å². The van der Waals surface area contributed by atoms with Crippen molar-refractivity contribution < 1.29 is 17.9 Å². The molecule has 23 heavy (non-hydrogen) atoms. The molecule has 1 unspecified atom stereocenters. The van der Waals surface area contributed by atoms with Crippen LogP contribution < -0.4 is 4.90 Å². The normalized spacial score (nSPS) is 19.5. The second kappa shape index (κ2) is 5.95. The number of piperidine rings is 1. The zero-order valence-corrected chi connectivity index (χ0v) is 13.0. The van der Waals surface area contributed by atoms with Gasteiger partial charge >= 0.3 is 6.18 Å². The molecule has 6 nitrogen and oxygen atoms in total. The Morgan fingerprint density at radius 3 is 2.83 bits per heavy atom. The van der Waals surface area contributed by atoms with Crippen molar-refractivity contribution in [2.75, 3.05) is 24.6 Å². The molecule has 2 aromatic rings. The first-order valence-corrected chi connectivity index (χ1v) is 7.56. The minimum atomic E-state index is -4.59. The van der Waals surface area contributed by atoms with E-state index in [1.807, 2.05) is 11.8 Å². The lowest BCUT2D eigenvalue weighted by Crippen LogP contribution is -2.40. The lowest BCUT2D eigenvalue weighted by Gasteiger charge is -2.34. The summed E-state index contributed by atoms with van der Waals surface area (Å²) in [7, 11) is 0. The molecular formula is C14H18F3N5O. The van der Waals surface area contributed by atoms with Crippen LogP contribution in [0.3, 0.4) is 0 Å². The fraction of sp³-hybridized carbons (Fsp3) is 0.643. The van der Waals surface area contributed by atoms with E-state index in [-0.39, 0.29) is 11.9 Å². The van der Waals surface area contributed by atoms with E-state index in [2.05, 4.69) is 15.1 Å². The van der Waals surface area contributed by atoms with Crippen LogP contribution in [0.2, 0.25) is 0 Å². The minimum absolute atomic E-state index is 0.0362. The Kier molecular flexibility index (Phi) is 4.13. The summed E-state index contributed by atoms with van der Waals surface area (Å²) >= 11 is 0. The Labute approximate surface area is 131 Å². The van der Waals surface area contributed by atoms with Crippen LogP contribution in [0.15, 0.2) is 6.07 Å². The van der Waals surface area contributed by atoms with E-state index in [4.69, 9.17) is 4.74 Å². The number of ether oxygens (including phenoxy) is 1. The van der Waals surface area contributed by atoms with Gasteiger partial charge in [-0.1, -0.05) is 0 Å². The summed E-state index contributed by atoms with van der Waals surface area (Å²) in [4.78, 5) is 9.55. The fourth-order valence-electron chi connectivity index (χ4n) is 2.83. The Hall–Kier alpha value is -1.90. The third-order valence-electron chi connectivity index (χ3n) is 3.78. The maximum atomic E-state index is 12.9. The molecule has 2 aromatic heterocycles. The third-order valence-corrected chi connectivity index (χ3v) is 3.78. The maximum absolute atomic E-state index is 12.9. The predicted octanol–water partition coefficient (Wildman–Crippen LogP) is 2.46. The van der Waals surface area contributed by atoms with Gasteiger partial charge in [-0.05, 0) is 26.7 Å². The van der Waals surface area contributed by atoms with Gasteiger partial charge in [0.2, 0.25) is 0 Å². The van der Waals surface area contributed by atoms with Crippen molar-refractivity contribution in [3.05, 3.63) is 17.6 Å². The molecule has 9 heteroatoms. The standard InChI is InChI=1S/C14H18F3N5O/c1-3-23-10-5-4-6-21(8-10)11-7-9(2)18-13-19-12(14(15,16)17)20-22(11)13/h7,10H,3-6,8H2,1-2H3. The number of aromatic nitrogens is 4. The molecule has 1 saturated heterocycles.